The second-order valence-electron chi connectivity index (χ2n) is 3.44. The van der Waals surface area contributed by atoms with Crippen LogP contribution in [0.2, 0.25) is 0 Å². The predicted octanol–water partition coefficient (Wildman–Crippen LogP) is 0.621. The molecule has 1 aliphatic rings. The number of nitrogens with one attached hydrogen (secondary N) is 1. The molecular weight excluding hydrogens is 166 g/mol. The Bertz CT molecular complexity index is 370. The Labute approximate surface area is 76.2 Å². The molecule has 0 bridgehead atoms. The van der Waals surface area contributed by atoms with Gasteiger partial charge in [-0.3, -0.25) is 9.78 Å². The molecule has 0 aromatic carbocycles. The van der Waals surface area contributed by atoms with E-state index in [2.05, 4.69) is 9.97 Å². The van der Waals surface area contributed by atoms with E-state index in [4.69, 9.17) is 5.73 Å². The summed E-state index contributed by atoms with van der Waals surface area (Å²) >= 11 is 0. The van der Waals surface area contributed by atoms with Crippen molar-refractivity contribution in [2.45, 2.75) is 32.1 Å². The molecule has 0 aliphatic heterocycles. The molecule has 0 unspecified atom stereocenters. The highest BCUT2D eigenvalue weighted by atomic mass is 16.1. The van der Waals surface area contributed by atoms with Gasteiger partial charge in [0.2, 0.25) is 5.95 Å². The fraction of sp³-hybridized carbons (Fsp3) is 0.556. The standard InChI is InChI=1S/C9H13N3O/c10-9-11-7-5-3-1-2-4-6(7)8(13)12-9/h1-5H2,(H3,10,11,12,13). The van der Waals surface area contributed by atoms with Crippen LogP contribution in [0.1, 0.15) is 30.5 Å². The highest BCUT2D eigenvalue weighted by Gasteiger charge is 2.12. The lowest BCUT2D eigenvalue weighted by molar-refractivity contribution is 0.708. The quantitative estimate of drug-likeness (QED) is 0.573. The smallest absolute Gasteiger partial charge is 0.255 e. The maximum absolute atomic E-state index is 11.5. The van der Waals surface area contributed by atoms with Gasteiger partial charge in [-0.1, -0.05) is 6.42 Å². The predicted molar refractivity (Wildman–Crippen MR) is 50.5 cm³/mol. The third-order valence-electron chi connectivity index (χ3n) is 2.46. The number of nitrogens with zero attached hydrogens (tertiary/aromatic N) is 1. The fourth-order valence-electron chi connectivity index (χ4n) is 1.80. The van der Waals surface area contributed by atoms with E-state index in [0.717, 1.165) is 36.9 Å². The topological polar surface area (TPSA) is 71.8 Å². The number of hydrogen-bond acceptors (Lipinski definition) is 3. The van der Waals surface area contributed by atoms with Crippen molar-refractivity contribution >= 4 is 5.95 Å². The SMILES string of the molecule is Nc1nc2c(c(=O)[nH]1)CCCCC2. The maximum atomic E-state index is 11.5. The molecule has 0 saturated heterocycles. The van der Waals surface area contributed by atoms with E-state index in [1.807, 2.05) is 0 Å². The van der Waals surface area contributed by atoms with E-state index in [-0.39, 0.29) is 11.5 Å². The van der Waals surface area contributed by atoms with Gasteiger partial charge in [0.15, 0.2) is 0 Å². The minimum atomic E-state index is -0.0515. The van der Waals surface area contributed by atoms with Gasteiger partial charge in [0.25, 0.3) is 5.56 Å². The average molecular weight is 179 g/mol. The molecule has 0 fully saturated rings. The summed E-state index contributed by atoms with van der Waals surface area (Å²) in [6, 6.07) is 0. The molecule has 0 saturated carbocycles. The third-order valence-corrected chi connectivity index (χ3v) is 2.46. The van der Waals surface area contributed by atoms with Crippen molar-refractivity contribution < 1.29 is 0 Å². The summed E-state index contributed by atoms with van der Waals surface area (Å²) in [6.07, 6.45) is 5.11. The van der Waals surface area contributed by atoms with Crippen LogP contribution in [-0.2, 0) is 12.8 Å². The van der Waals surface area contributed by atoms with Gasteiger partial charge < -0.3 is 5.73 Å². The van der Waals surface area contributed by atoms with Crippen LogP contribution < -0.4 is 11.3 Å². The van der Waals surface area contributed by atoms with Gasteiger partial charge in [0.05, 0.1) is 5.69 Å². The monoisotopic (exact) mass is 179 g/mol. The van der Waals surface area contributed by atoms with Crippen molar-refractivity contribution in [1.29, 1.82) is 0 Å². The largest absolute Gasteiger partial charge is 0.369 e. The zero-order chi connectivity index (χ0) is 9.26. The summed E-state index contributed by atoms with van der Waals surface area (Å²) in [5.74, 6) is 0.241. The van der Waals surface area contributed by atoms with Crippen molar-refractivity contribution in [3.8, 4) is 0 Å². The van der Waals surface area contributed by atoms with E-state index in [9.17, 15) is 4.79 Å². The van der Waals surface area contributed by atoms with Crippen LogP contribution in [0.4, 0.5) is 5.95 Å². The number of hydrogen-bond donors (Lipinski definition) is 2. The van der Waals surface area contributed by atoms with Crippen LogP contribution >= 0.6 is 0 Å². The van der Waals surface area contributed by atoms with Crippen molar-refractivity contribution in [2.75, 3.05) is 5.73 Å². The number of rotatable bonds is 0. The molecule has 0 atom stereocenters. The first-order valence-corrected chi connectivity index (χ1v) is 4.65. The van der Waals surface area contributed by atoms with Crippen LogP contribution in [0.15, 0.2) is 4.79 Å². The highest BCUT2D eigenvalue weighted by Crippen LogP contribution is 2.15. The molecule has 2 rings (SSSR count). The van der Waals surface area contributed by atoms with Crippen LogP contribution in [0.3, 0.4) is 0 Å². The molecule has 0 spiro atoms. The summed E-state index contributed by atoms with van der Waals surface area (Å²) in [6.45, 7) is 0. The van der Waals surface area contributed by atoms with Crippen molar-refractivity contribution in [3.05, 3.63) is 21.6 Å². The zero-order valence-electron chi connectivity index (χ0n) is 7.47. The second-order valence-corrected chi connectivity index (χ2v) is 3.44. The van der Waals surface area contributed by atoms with Crippen molar-refractivity contribution in [2.24, 2.45) is 0 Å². The van der Waals surface area contributed by atoms with Crippen LogP contribution in [0, 0.1) is 0 Å². The molecule has 3 N–H and O–H groups in total. The molecule has 1 aromatic rings. The molecule has 70 valence electrons. The van der Waals surface area contributed by atoms with Crippen molar-refractivity contribution in [3.63, 3.8) is 0 Å². The number of nitrogen functional groups attached to an aromatic ring is 1. The van der Waals surface area contributed by atoms with Gasteiger partial charge >= 0.3 is 0 Å². The van der Waals surface area contributed by atoms with Gasteiger partial charge in [0.1, 0.15) is 0 Å². The lowest BCUT2D eigenvalue weighted by atomic mass is 10.1. The minimum Gasteiger partial charge on any atom is -0.369 e. The summed E-state index contributed by atoms with van der Waals surface area (Å²) in [5.41, 5.74) is 7.16. The molecular formula is C9H13N3O. The Kier molecular flexibility index (Phi) is 2.04. The molecule has 4 heteroatoms. The van der Waals surface area contributed by atoms with Crippen LogP contribution in [0.5, 0.6) is 0 Å². The molecule has 13 heavy (non-hydrogen) atoms. The number of H-pyrrole nitrogens is 1. The van der Waals surface area contributed by atoms with Gasteiger partial charge in [-0.05, 0) is 25.7 Å². The third kappa shape index (κ3) is 1.56. The molecule has 1 aromatic heterocycles. The second kappa shape index (κ2) is 3.20. The first kappa shape index (κ1) is 8.29. The van der Waals surface area contributed by atoms with E-state index in [1.54, 1.807) is 0 Å². The first-order chi connectivity index (χ1) is 6.27. The van der Waals surface area contributed by atoms with Gasteiger partial charge in [0, 0.05) is 5.56 Å². The normalized spacial score (nSPS) is 16.3. The molecule has 0 radical (unpaired) electrons. The Balaban J connectivity index is 2.53. The number of aryl methyl sites for hydroxylation is 1. The van der Waals surface area contributed by atoms with E-state index >= 15 is 0 Å². The van der Waals surface area contributed by atoms with Crippen LogP contribution in [-0.4, -0.2) is 9.97 Å². The molecule has 1 aliphatic carbocycles. The van der Waals surface area contributed by atoms with Gasteiger partial charge in [-0.15, -0.1) is 0 Å². The lowest BCUT2D eigenvalue weighted by Crippen LogP contribution is -2.18. The average Bonchev–Trinajstić information content (AvgIpc) is 2.28. The summed E-state index contributed by atoms with van der Waals surface area (Å²) in [5, 5.41) is 0. The van der Waals surface area contributed by atoms with E-state index < -0.39 is 0 Å². The van der Waals surface area contributed by atoms with Crippen molar-refractivity contribution in [1.82, 2.24) is 9.97 Å². The first-order valence-electron chi connectivity index (χ1n) is 4.65. The number of fused-ring (bicyclic) bond motifs is 1. The Morgan fingerprint density at radius 3 is 2.85 bits per heavy atom. The van der Waals surface area contributed by atoms with E-state index in [1.165, 1.54) is 6.42 Å². The Morgan fingerprint density at radius 1 is 1.23 bits per heavy atom. The summed E-state index contributed by atoms with van der Waals surface area (Å²) in [7, 11) is 0. The Morgan fingerprint density at radius 2 is 2.00 bits per heavy atom. The molecule has 4 nitrogen and oxygen atoms in total. The minimum absolute atomic E-state index is 0.0515. The van der Waals surface area contributed by atoms with Gasteiger partial charge in [-0.2, -0.15) is 0 Å². The summed E-state index contributed by atoms with van der Waals surface area (Å²) in [4.78, 5) is 18.2. The number of nitrogens with two attached hydrogens (primary N) is 1. The zero-order valence-corrected chi connectivity index (χ0v) is 7.47. The van der Waals surface area contributed by atoms with Crippen LogP contribution in [0.25, 0.3) is 0 Å². The number of anilines is 1. The summed E-state index contributed by atoms with van der Waals surface area (Å²) < 4.78 is 0. The number of aromatic nitrogens is 2. The van der Waals surface area contributed by atoms with Gasteiger partial charge in [-0.25, -0.2) is 4.98 Å². The highest BCUT2D eigenvalue weighted by molar-refractivity contribution is 5.26. The van der Waals surface area contributed by atoms with E-state index in [0.29, 0.717) is 0 Å². The lowest BCUT2D eigenvalue weighted by Gasteiger charge is -2.03. The number of aromatic amines is 1. The maximum Gasteiger partial charge on any atom is 0.255 e. The Hall–Kier alpha value is -1.32. The molecule has 1 heterocycles. The molecule has 0 amide bonds. The fourth-order valence-corrected chi connectivity index (χ4v) is 1.80.